The Morgan fingerprint density at radius 3 is 2.82 bits per heavy atom. The van der Waals surface area contributed by atoms with Gasteiger partial charge >= 0.3 is 6.03 Å². The molecule has 0 spiro atoms. The van der Waals surface area contributed by atoms with Crippen LogP contribution in [-0.2, 0) is 4.74 Å². The highest BCUT2D eigenvalue weighted by atomic mass is 16.5. The third kappa shape index (κ3) is 3.00. The van der Waals surface area contributed by atoms with Crippen LogP contribution >= 0.6 is 0 Å². The van der Waals surface area contributed by atoms with E-state index in [9.17, 15) is 4.79 Å². The zero-order valence-corrected chi connectivity index (χ0v) is 13.7. The molecule has 0 aliphatic carbocycles. The Hall–Kier alpha value is -1.49. The van der Waals surface area contributed by atoms with Crippen molar-refractivity contribution in [3.8, 4) is 0 Å². The first kappa shape index (κ1) is 15.4. The van der Waals surface area contributed by atoms with Gasteiger partial charge in [-0.3, -0.25) is 0 Å². The molecule has 3 heterocycles. The summed E-state index contributed by atoms with van der Waals surface area (Å²) in [5.74, 6) is 1.76. The summed E-state index contributed by atoms with van der Waals surface area (Å²) >= 11 is 0. The molecule has 0 bridgehead atoms. The maximum Gasteiger partial charge on any atom is 0.318 e. The van der Waals surface area contributed by atoms with Gasteiger partial charge in [0.05, 0.1) is 18.2 Å². The number of rotatable bonds is 3. The largest absolute Gasteiger partial charge is 0.466 e. The highest BCUT2D eigenvalue weighted by molar-refractivity contribution is 5.75. The molecule has 3 rings (SSSR count). The minimum atomic E-state index is -0.0457. The second-order valence-corrected chi connectivity index (χ2v) is 6.49. The van der Waals surface area contributed by atoms with Crippen LogP contribution in [-0.4, -0.2) is 36.2 Å². The lowest BCUT2D eigenvalue weighted by molar-refractivity contribution is 0.0517. The number of nitrogens with one attached hydrogen (secondary N) is 1. The summed E-state index contributed by atoms with van der Waals surface area (Å²) in [4.78, 5) is 14.6. The second kappa shape index (κ2) is 6.32. The van der Waals surface area contributed by atoms with E-state index in [1.807, 2.05) is 31.7 Å². The van der Waals surface area contributed by atoms with E-state index in [-0.39, 0.29) is 24.2 Å². The molecule has 3 atom stereocenters. The second-order valence-electron chi connectivity index (χ2n) is 6.49. The lowest BCUT2D eigenvalue weighted by atomic mass is 10.1. The van der Waals surface area contributed by atoms with Crippen molar-refractivity contribution < 1.29 is 13.9 Å². The number of ether oxygens (including phenoxy) is 1. The van der Waals surface area contributed by atoms with Crippen LogP contribution < -0.4 is 5.32 Å². The Morgan fingerprint density at radius 1 is 1.36 bits per heavy atom. The number of amides is 2. The van der Waals surface area contributed by atoms with Crippen molar-refractivity contribution in [1.29, 1.82) is 0 Å². The van der Waals surface area contributed by atoms with Crippen molar-refractivity contribution in [3.05, 3.63) is 23.2 Å². The Morgan fingerprint density at radius 2 is 2.18 bits per heavy atom. The van der Waals surface area contributed by atoms with Gasteiger partial charge in [-0.1, -0.05) is 0 Å². The van der Waals surface area contributed by atoms with Gasteiger partial charge in [0.15, 0.2) is 0 Å². The van der Waals surface area contributed by atoms with E-state index in [2.05, 4.69) is 5.32 Å². The molecule has 1 aromatic heterocycles. The molecule has 5 nitrogen and oxygen atoms in total. The molecule has 22 heavy (non-hydrogen) atoms. The van der Waals surface area contributed by atoms with E-state index in [0.717, 1.165) is 55.9 Å². The molecule has 1 N–H and O–H groups in total. The van der Waals surface area contributed by atoms with Crippen LogP contribution in [0.25, 0.3) is 0 Å². The Labute approximate surface area is 132 Å². The highest BCUT2D eigenvalue weighted by Crippen LogP contribution is 2.28. The van der Waals surface area contributed by atoms with Crippen molar-refractivity contribution in [2.24, 2.45) is 0 Å². The van der Waals surface area contributed by atoms with E-state index in [1.54, 1.807) is 0 Å². The van der Waals surface area contributed by atoms with Crippen LogP contribution in [0, 0.1) is 13.8 Å². The van der Waals surface area contributed by atoms with Crippen molar-refractivity contribution >= 4 is 6.03 Å². The molecule has 2 fully saturated rings. The lowest BCUT2D eigenvalue weighted by Gasteiger charge is -2.30. The summed E-state index contributed by atoms with van der Waals surface area (Å²) in [6.45, 7) is 7.54. The molecule has 2 aliphatic heterocycles. The van der Waals surface area contributed by atoms with Crippen LogP contribution in [0.3, 0.4) is 0 Å². The van der Waals surface area contributed by atoms with Crippen LogP contribution in [0.5, 0.6) is 0 Å². The van der Waals surface area contributed by atoms with Crippen molar-refractivity contribution in [1.82, 2.24) is 10.2 Å². The molecule has 0 aromatic carbocycles. The smallest absolute Gasteiger partial charge is 0.318 e. The van der Waals surface area contributed by atoms with E-state index in [1.165, 1.54) is 0 Å². The first-order chi connectivity index (χ1) is 10.6. The quantitative estimate of drug-likeness (QED) is 0.932. The summed E-state index contributed by atoms with van der Waals surface area (Å²) in [5, 5.41) is 3.12. The van der Waals surface area contributed by atoms with Crippen LogP contribution in [0.15, 0.2) is 10.5 Å². The summed E-state index contributed by atoms with van der Waals surface area (Å²) in [6.07, 6.45) is 4.53. The summed E-state index contributed by atoms with van der Waals surface area (Å²) in [6, 6.07) is 2.21. The fraction of sp³-hybridized carbons (Fsp3) is 0.706. The molecule has 0 unspecified atom stereocenters. The van der Waals surface area contributed by atoms with Crippen LogP contribution in [0.4, 0.5) is 4.79 Å². The molecular weight excluding hydrogens is 280 g/mol. The third-order valence-electron chi connectivity index (χ3n) is 4.84. The molecule has 2 saturated heterocycles. The minimum Gasteiger partial charge on any atom is -0.466 e. The predicted molar refractivity (Wildman–Crippen MR) is 83.8 cm³/mol. The van der Waals surface area contributed by atoms with Gasteiger partial charge in [0.25, 0.3) is 0 Å². The number of carbonyl (C=O) groups excluding carboxylic acids is 1. The Bertz CT molecular complexity index is 534. The summed E-state index contributed by atoms with van der Waals surface area (Å²) in [7, 11) is 0. The maximum atomic E-state index is 12.6. The minimum absolute atomic E-state index is 0.0174. The predicted octanol–water partition coefficient (Wildman–Crippen LogP) is 3.31. The number of hydrogen-bond donors (Lipinski definition) is 1. The number of hydrogen-bond acceptors (Lipinski definition) is 3. The van der Waals surface area contributed by atoms with Gasteiger partial charge in [-0.15, -0.1) is 0 Å². The van der Waals surface area contributed by atoms with Crippen molar-refractivity contribution in [2.45, 2.75) is 64.6 Å². The number of carbonyl (C=O) groups is 1. The zero-order valence-electron chi connectivity index (χ0n) is 13.7. The molecule has 0 radical (unpaired) electrons. The molecule has 1 aromatic rings. The Kier molecular flexibility index (Phi) is 4.43. The van der Waals surface area contributed by atoms with E-state index >= 15 is 0 Å². The lowest BCUT2D eigenvalue weighted by Crippen LogP contribution is -2.47. The first-order valence-electron chi connectivity index (χ1n) is 8.32. The van der Waals surface area contributed by atoms with Crippen LogP contribution in [0.1, 0.15) is 55.7 Å². The number of likely N-dealkylation sites (tertiary alicyclic amines) is 1. The van der Waals surface area contributed by atoms with Gasteiger partial charge < -0.3 is 19.4 Å². The topological polar surface area (TPSA) is 54.7 Å². The van der Waals surface area contributed by atoms with Gasteiger partial charge in [-0.2, -0.15) is 0 Å². The Balaban J connectivity index is 1.64. The number of urea groups is 1. The highest BCUT2D eigenvalue weighted by Gasteiger charge is 2.37. The average molecular weight is 306 g/mol. The standard InChI is InChI=1S/C17H26N2O3/c1-11-10-14(13(3)22-11)12(2)18-17(20)19-8-4-6-15(19)16-7-5-9-21-16/h10,12,15-16H,4-9H2,1-3H3,(H,18,20)/t12-,15+,16+/m0/s1. The van der Waals surface area contributed by atoms with E-state index < -0.39 is 0 Å². The number of aryl methyl sites for hydroxylation is 2. The van der Waals surface area contributed by atoms with Crippen molar-refractivity contribution in [3.63, 3.8) is 0 Å². The zero-order chi connectivity index (χ0) is 15.7. The average Bonchev–Trinajstić information content (AvgIpc) is 3.17. The van der Waals surface area contributed by atoms with Gasteiger partial charge in [0.1, 0.15) is 11.5 Å². The third-order valence-corrected chi connectivity index (χ3v) is 4.84. The van der Waals surface area contributed by atoms with Gasteiger partial charge in [0.2, 0.25) is 0 Å². The van der Waals surface area contributed by atoms with E-state index in [4.69, 9.17) is 9.15 Å². The monoisotopic (exact) mass is 306 g/mol. The maximum absolute atomic E-state index is 12.6. The fourth-order valence-electron chi connectivity index (χ4n) is 3.76. The number of nitrogens with zero attached hydrogens (tertiary/aromatic N) is 1. The van der Waals surface area contributed by atoms with Gasteiger partial charge in [-0.05, 0) is 52.5 Å². The SMILES string of the molecule is Cc1cc([C@H](C)NC(=O)N2CCC[C@@H]2[C@H]2CCCO2)c(C)o1. The molecule has 122 valence electrons. The summed E-state index contributed by atoms with van der Waals surface area (Å²) < 4.78 is 11.4. The molecule has 5 heteroatoms. The molecular formula is C17H26N2O3. The normalized spacial score (nSPS) is 26.4. The fourth-order valence-corrected chi connectivity index (χ4v) is 3.76. The van der Waals surface area contributed by atoms with E-state index in [0.29, 0.717) is 0 Å². The molecule has 0 saturated carbocycles. The summed E-state index contributed by atoms with van der Waals surface area (Å²) in [5.41, 5.74) is 1.05. The molecule has 2 amide bonds. The van der Waals surface area contributed by atoms with Gasteiger partial charge in [0, 0.05) is 18.7 Å². The van der Waals surface area contributed by atoms with Crippen molar-refractivity contribution in [2.75, 3.05) is 13.2 Å². The molecule has 2 aliphatic rings. The van der Waals surface area contributed by atoms with Gasteiger partial charge in [-0.25, -0.2) is 4.79 Å². The first-order valence-corrected chi connectivity index (χ1v) is 8.32. The number of furan rings is 1. The van der Waals surface area contributed by atoms with Crippen LogP contribution in [0.2, 0.25) is 0 Å².